The molecule has 0 bridgehead atoms. The average molecular weight is 349 g/mol. The van der Waals surface area contributed by atoms with Crippen LogP contribution in [-0.2, 0) is 9.59 Å². The van der Waals surface area contributed by atoms with Crippen molar-refractivity contribution in [1.29, 1.82) is 0 Å². The third-order valence-corrected chi connectivity index (χ3v) is 5.53. The number of halogens is 1. The van der Waals surface area contributed by atoms with Gasteiger partial charge in [-0.15, -0.1) is 0 Å². The zero-order valence-electron chi connectivity index (χ0n) is 14.4. The molecule has 5 heteroatoms. The van der Waals surface area contributed by atoms with Gasteiger partial charge in [-0.05, 0) is 56.7 Å². The number of amides is 2. The summed E-state index contributed by atoms with van der Waals surface area (Å²) in [6.07, 6.45) is 6.81. The van der Waals surface area contributed by atoms with E-state index in [1.54, 1.807) is 0 Å². The molecule has 0 unspecified atom stereocenters. The number of aryl methyl sites for hydroxylation is 2. The molecule has 0 aliphatic heterocycles. The Morgan fingerprint density at radius 3 is 2.33 bits per heavy atom. The minimum absolute atomic E-state index is 0.118. The smallest absolute Gasteiger partial charge is 0.240 e. The van der Waals surface area contributed by atoms with Crippen molar-refractivity contribution in [1.82, 2.24) is 5.32 Å². The summed E-state index contributed by atoms with van der Waals surface area (Å²) < 4.78 is 0. The maximum absolute atomic E-state index is 12.7. The summed E-state index contributed by atoms with van der Waals surface area (Å²) in [6.45, 7) is 3.88. The summed E-state index contributed by atoms with van der Waals surface area (Å²) >= 11 is 6.27. The number of carbonyl (C=O) groups excluding carboxylic acids is 2. The molecule has 2 aliphatic rings. The standard InChI is InChI=1S/C19H25ClN2O2/c1-12-10-13(2)16(15(20)11-12)22-18(24)19(8-9-19)17(23)21-14-6-4-3-5-7-14/h10-11,14H,3-9H2,1-2H3,(H,21,23)(H,22,24). The highest BCUT2D eigenvalue weighted by molar-refractivity contribution is 6.34. The van der Waals surface area contributed by atoms with Gasteiger partial charge in [-0.3, -0.25) is 9.59 Å². The van der Waals surface area contributed by atoms with Crippen LogP contribution in [-0.4, -0.2) is 17.9 Å². The molecular formula is C19H25ClN2O2. The number of benzene rings is 1. The highest BCUT2D eigenvalue weighted by atomic mass is 35.5. The van der Waals surface area contributed by atoms with Crippen molar-refractivity contribution in [2.24, 2.45) is 5.41 Å². The second kappa shape index (κ2) is 6.75. The van der Waals surface area contributed by atoms with Crippen LogP contribution < -0.4 is 10.6 Å². The Labute approximate surface area is 148 Å². The molecule has 2 N–H and O–H groups in total. The second-order valence-electron chi connectivity index (χ2n) is 7.28. The van der Waals surface area contributed by atoms with Gasteiger partial charge >= 0.3 is 0 Å². The van der Waals surface area contributed by atoms with E-state index in [2.05, 4.69) is 10.6 Å². The van der Waals surface area contributed by atoms with Crippen LogP contribution in [0.5, 0.6) is 0 Å². The molecule has 0 spiro atoms. The van der Waals surface area contributed by atoms with Crippen LogP contribution in [0.15, 0.2) is 12.1 Å². The number of hydrogen-bond donors (Lipinski definition) is 2. The number of carbonyl (C=O) groups is 2. The molecule has 0 radical (unpaired) electrons. The molecule has 1 aromatic carbocycles. The topological polar surface area (TPSA) is 58.2 Å². The van der Waals surface area contributed by atoms with Crippen LogP contribution in [0, 0.1) is 19.3 Å². The van der Waals surface area contributed by atoms with E-state index in [1.807, 2.05) is 26.0 Å². The van der Waals surface area contributed by atoms with Crippen LogP contribution in [0.2, 0.25) is 5.02 Å². The summed E-state index contributed by atoms with van der Waals surface area (Å²) in [7, 11) is 0. The minimum atomic E-state index is -0.905. The molecule has 0 aromatic heterocycles. The van der Waals surface area contributed by atoms with Crippen molar-refractivity contribution in [3.8, 4) is 0 Å². The van der Waals surface area contributed by atoms with E-state index in [1.165, 1.54) is 6.42 Å². The van der Waals surface area contributed by atoms with Crippen LogP contribution in [0.25, 0.3) is 0 Å². The van der Waals surface area contributed by atoms with E-state index in [0.29, 0.717) is 23.6 Å². The van der Waals surface area contributed by atoms with Gasteiger partial charge in [0.2, 0.25) is 11.8 Å². The van der Waals surface area contributed by atoms with E-state index in [4.69, 9.17) is 11.6 Å². The SMILES string of the molecule is Cc1cc(C)c(NC(=O)C2(C(=O)NC3CCCCC3)CC2)c(Cl)c1. The summed E-state index contributed by atoms with van der Waals surface area (Å²) in [5, 5.41) is 6.51. The summed E-state index contributed by atoms with van der Waals surface area (Å²) in [5.41, 5.74) is 1.67. The third-order valence-electron chi connectivity index (χ3n) is 5.23. The molecule has 130 valence electrons. The molecule has 1 aromatic rings. The Morgan fingerprint density at radius 1 is 1.08 bits per heavy atom. The van der Waals surface area contributed by atoms with Crippen molar-refractivity contribution < 1.29 is 9.59 Å². The molecule has 0 atom stereocenters. The number of rotatable bonds is 4. The minimum Gasteiger partial charge on any atom is -0.352 e. The largest absolute Gasteiger partial charge is 0.352 e. The lowest BCUT2D eigenvalue weighted by Crippen LogP contribution is -2.45. The zero-order chi connectivity index (χ0) is 17.3. The van der Waals surface area contributed by atoms with Crippen molar-refractivity contribution in [2.45, 2.75) is 64.8 Å². The first-order valence-electron chi connectivity index (χ1n) is 8.81. The lowest BCUT2D eigenvalue weighted by molar-refractivity contribution is -0.135. The molecule has 2 amide bonds. The first-order chi connectivity index (χ1) is 11.4. The van der Waals surface area contributed by atoms with E-state index in [-0.39, 0.29) is 17.9 Å². The van der Waals surface area contributed by atoms with Gasteiger partial charge < -0.3 is 10.6 Å². The van der Waals surface area contributed by atoms with Crippen molar-refractivity contribution in [3.63, 3.8) is 0 Å². The highest BCUT2D eigenvalue weighted by Gasteiger charge is 2.56. The molecule has 2 aliphatic carbocycles. The van der Waals surface area contributed by atoms with Gasteiger partial charge in [-0.25, -0.2) is 0 Å². The molecule has 4 nitrogen and oxygen atoms in total. The fourth-order valence-corrected chi connectivity index (χ4v) is 3.93. The van der Waals surface area contributed by atoms with Crippen molar-refractivity contribution in [3.05, 3.63) is 28.3 Å². The van der Waals surface area contributed by atoms with Crippen LogP contribution in [0.3, 0.4) is 0 Å². The lowest BCUT2D eigenvalue weighted by Gasteiger charge is -2.25. The fraction of sp³-hybridized carbons (Fsp3) is 0.579. The predicted octanol–water partition coefficient (Wildman–Crippen LogP) is 4.12. The van der Waals surface area contributed by atoms with Crippen LogP contribution >= 0.6 is 11.6 Å². The van der Waals surface area contributed by atoms with Gasteiger partial charge in [-0.1, -0.05) is 36.9 Å². The Kier molecular flexibility index (Phi) is 4.86. The summed E-state index contributed by atoms with van der Waals surface area (Å²) in [4.78, 5) is 25.4. The van der Waals surface area contributed by atoms with Crippen LogP contribution in [0.1, 0.15) is 56.1 Å². The number of nitrogens with one attached hydrogen (secondary N) is 2. The first kappa shape index (κ1) is 17.3. The van der Waals surface area contributed by atoms with E-state index in [9.17, 15) is 9.59 Å². The van der Waals surface area contributed by atoms with E-state index < -0.39 is 5.41 Å². The maximum Gasteiger partial charge on any atom is 0.240 e. The maximum atomic E-state index is 12.7. The van der Waals surface area contributed by atoms with Gasteiger partial charge in [0.15, 0.2) is 0 Å². The normalized spacial score (nSPS) is 19.6. The molecule has 2 saturated carbocycles. The van der Waals surface area contributed by atoms with E-state index in [0.717, 1.165) is 36.8 Å². The van der Waals surface area contributed by atoms with Gasteiger partial charge in [0, 0.05) is 6.04 Å². The fourth-order valence-electron chi connectivity index (χ4n) is 3.56. The lowest BCUT2D eigenvalue weighted by atomic mass is 9.94. The monoisotopic (exact) mass is 348 g/mol. The Bertz CT molecular complexity index is 638. The third kappa shape index (κ3) is 3.44. The average Bonchev–Trinajstić information content (AvgIpc) is 3.33. The summed E-state index contributed by atoms with van der Waals surface area (Å²) in [5.74, 6) is -0.350. The zero-order valence-corrected chi connectivity index (χ0v) is 15.1. The van der Waals surface area contributed by atoms with Crippen LogP contribution in [0.4, 0.5) is 5.69 Å². The van der Waals surface area contributed by atoms with Crippen molar-refractivity contribution >= 4 is 29.1 Å². The van der Waals surface area contributed by atoms with Gasteiger partial charge in [0.05, 0.1) is 10.7 Å². The molecule has 24 heavy (non-hydrogen) atoms. The molecule has 3 rings (SSSR count). The molecule has 0 saturated heterocycles. The highest BCUT2D eigenvalue weighted by Crippen LogP contribution is 2.47. The Morgan fingerprint density at radius 2 is 1.75 bits per heavy atom. The van der Waals surface area contributed by atoms with Gasteiger partial charge in [0.25, 0.3) is 0 Å². The molecular weight excluding hydrogens is 324 g/mol. The molecule has 0 heterocycles. The predicted molar refractivity (Wildman–Crippen MR) is 96.2 cm³/mol. The second-order valence-corrected chi connectivity index (χ2v) is 7.69. The quantitative estimate of drug-likeness (QED) is 0.804. The molecule has 2 fully saturated rings. The van der Waals surface area contributed by atoms with Gasteiger partial charge in [0.1, 0.15) is 5.41 Å². The summed E-state index contributed by atoms with van der Waals surface area (Å²) in [6, 6.07) is 4.02. The van der Waals surface area contributed by atoms with Gasteiger partial charge in [-0.2, -0.15) is 0 Å². The Hall–Kier alpha value is -1.55. The van der Waals surface area contributed by atoms with E-state index >= 15 is 0 Å². The number of hydrogen-bond acceptors (Lipinski definition) is 2. The number of anilines is 1. The van der Waals surface area contributed by atoms with Crippen molar-refractivity contribution in [2.75, 3.05) is 5.32 Å². The Balaban J connectivity index is 1.69. The first-order valence-corrected chi connectivity index (χ1v) is 9.19.